The van der Waals surface area contributed by atoms with Crippen LogP contribution in [0.25, 0.3) is 0 Å². The van der Waals surface area contributed by atoms with Crippen LogP contribution >= 0.6 is 23.2 Å². The highest BCUT2D eigenvalue weighted by Gasteiger charge is 2.21. The number of aliphatic hydroxyl groups is 2. The molecule has 1 aromatic heterocycles. The molecule has 0 aliphatic carbocycles. The predicted molar refractivity (Wildman–Crippen MR) is 105 cm³/mol. The maximum atomic E-state index is 14.0. The van der Waals surface area contributed by atoms with E-state index in [2.05, 4.69) is 10.3 Å². The van der Waals surface area contributed by atoms with E-state index in [-0.39, 0.29) is 42.2 Å². The minimum atomic E-state index is -1.07. The number of aromatic hydroxyl groups is 1. The average Bonchev–Trinajstić information content (AvgIpc) is 2.61. The number of hydrogen-bond acceptors (Lipinski definition) is 6. The van der Waals surface area contributed by atoms with Gasteiger partial charge >= 0.3 is 0 Å². The number of pyridine rings is 1. The molecule has 0 amide bonds. The van der Waals surface area contributed by atoms with E-state index in [1.165, 1.54) is 12.1 Å². The molecule has 2 aromatic rings. The van der Waals surface area contributed by atoms with Gasteiger partial charge in [-0.1, -0.05) is 44.5 Å². The third-order valence-corrected chi connectivity index (χ3v) is 4.23. The minimum absolute atomic E-state index is 0. The number of ether oxygens (including phenoxy) is 1. The van der Waals surface area contributed by atoms with Crippen molar-refractivity contribution in [2.45, 2.75) is 33.3 Å². The van der Waals surface area contributed by atoms with Crippen LogP contribution in [0.2, 0.25) is 10.0 Å². The molecule has 1 aromatic carbocycles. The van der Waals surface area contributed by atoms with Gasteiger partial charge in [0.05, 0.1) is 12.7 Å². The van der Waals surface area contributed by atoms with Crippen molar-refractivity contribution >= 4 is 29.0 Å². The van der Waals surface area contributed by atoms with Gasteiger partial charge in [-0.2, -0.15) is 9.37 Å². The Morgan fingerprint density at radius 1 is 1.26 bits per heavy atom. The van der Waals surface area contributed by atoms with Crippen LogP contribution in [-0.2, 0) is 0 Å². The van der Waals surface area contributed by atoms with Crippen LogP contribution in [0.3, 0.4) is 0 Å². The highest BCUT2D eigenvalue weighted by Crippen LogP contribution is 2.42. The molecule has 0 spiro atoms. The summed E-state index contributed by atoms with van der Waals surface area (Å²) in [6.45, 7) is 3.23. The van der Waals surface area contributed by atoms with Crippen molar-refractivity contribution in [3.05, 3.63) is 39.8 Å². The molecule has 2 rings (SSSR count). The Kier molecular flexibility index (Phi) is 8.56. The first-order chi connectivity index (χ1) is 12.2. The van der Waals surface area contributed by atoms with E-state index >= 15 is 0 Å². The molecule has 9 heteroatoms. The van der Waals surface area contributed by atoms with E-state index in [4.69, 9.17) is 33.0 Å². The molecule has 0 unspecified atom stereocenters. The Balaban J connectivity index is 0.00000364. The second-order valence-corrected chi connectivity index (χ2v) is 6.66. The van der Waals surface area contributed by atoms with E-state index in [0.29, 0.717) is 11.3 Å². The summed E-state index contributed by atoms with van der Waals surface area (Å²) in [5, 5.41) is 30.3. The van der Waals surface area contributed by atoms with Crippen molar-refractivity contribution in [2.24, 2.45) is 0 Å². The van der Waals surface area contributed by atoms with E-state index < -0.39 is 23.7 Å². The van der Waals surface area contributed by atoms with Gasteiger partial charge in [-0.15, -0.1) is 0 Å². The number of phenolic OH excluding ortho intramolecular Hbond substituents is 1. The Morgan fingerprint density at radius 2 is 1.93 bits per heavy atom. The Morgan fingerprint density at radius 3 is 2.52 bits per heavy atom. The molecule has 150 valence electrons. The van der Waals surface area contributed by atoms with Gasteiger partial charge in [0.2, 0.25) is 5.95 Å². The van der Waals surface area contributed by atoms with Crippen LogP contribution in [0.1, 0.15) is 32.8 Å². The second kappa shape index (κ2) is 9.94. The van der Waals surface area contributed by atoms with E-state index in [0.717, 1.165) is 0 Å². The normalized spacial score (nSPS) is 11.9. The fraction of sp³-hybridized carbons (Fsp3) is 0.389. The fourth-order valence-corrected chi connectivity index (χ4v) is 2.62. The number of halogens is 3. The predicted octanol–water partition coefficient (Wildman–Crippen LogP) is 4.55. The van der Waals surface area contributed by atoms with Gasteiger partial charge in [-0.25, -0.2) is 0 Å². The Labute approximate surface area is 167 Å². The molecule has 4 N–H and O–H groups in total. The SMILES string of the molecule is C.CC(C)c1cc(Oc2c(Cl)c(F)nc(NC[C@H](O)CO)c2Cl)ccc1O. The van der Waals surface area contributed by atoms with Crippen molar-refractivity contribution in [1.29, 1.82) is 0 Å². The summed E-state index contributed by atoms with van der Waals surface area (Å²) in [5.74, 6) is -0.778. The zero-order chi connectivity index (χ0) is 19.4. The van der Waals surface area contributed by atoms with Gasteiger partial charge in [0.25, 0.3) is 0 Å². The average molecular weight is 421 g/mol. The third kappa shape index (κ3) is 5.59. The number of benzene rings is 1. The van der Waals surface area contributed by atoms with Crippen LogP contribution in [0.15, 0.2) is 18.2 Å². The summed E-state index contributed by atoms with van der Waals surface area (Å²) in [5.41, 5.74) is 0.647. The molecular formula is C18H23Cl2FN2O4. The number of phenols is 1. The maximum Gasteiger partial charge on any atom is 0.237 e. The van der Waals surface area contributed by atoms with Gasteiger partial charge in [-0.3, -0.25) is 0 Å². The topological polar surface area (TPSA) is 94.8 Å². The summed E-state index contributed by atoms with van der Waals surface area (Å²) in [6.07, 6.45) is -1.07. The second-order valence-electron chi connectivity index (χ2n) is 5.90. The number of nitrogens with one attached hydrogen (secondary N) is 1. The van der Waals surface area contributed by atoms with Crippen molar-refractivity contribution < 1.29 is 24.4 Å². The lowest BCUT2D eigenvalue weighted by molar-refractivity contribution is 0.105. The van der Waals surface area contributed by atoms with Crippen molar-refractivity contribution in [2.75, 3.05) is 18.5 Å². The highest BCUT2D eigenvalue weighted by molar-refractivity contribution is 6.38. The molecule has 0 fully saturated rings. The van der Waals surface area contributed by atoms with Gasteiger partial charge in [0, 0.05) is 12.1 Å². The quantitative estimate of drug-likeness (QED) is 0.490. The molecule has 1 atom stereocenters. The lowest BCUT2D eigenvalue weighted by Crippen LogP contribution is -2.23. The summed E-state index contributed by atoms with van der Waals surface area (Å²) >= 11 is 12.1. The number of rotatable bonds is 7. The van der Waals surface area contributed by atoms with Crippen LogP contribution < -0.4 is 10.1 Å². The molecule has 0 saturated carbocycles. The zero-order valence-corrected chi connectivity index (χ0v) is 15.6. The third-order valence-electron chi connectivity index (χ3n) is 3.55. The van der Waals surface area contributed by atoms with Crippen LogP contribution in [0.4, 0.5) is 10.2 Å². The molecule has 0 aliphatic rings. The fourth-order valence-electron chi connectivity index (χ4n) is 2.16. The van der Waals surface area contributed by atoms with Crippen molar-refractivity contribution in [3.8, 4) is 17.2 Å². The van der Waals surface area contributed by atoms with E-state index in [9.17, 15) is 14.6 Å². The summed E-state index contributed by atoms with van der Waals surface area (Å²) in [6, 6.07) is 4.56. The summed E-state index contributed by atoms with van der Waals surface area (Å²) in [7, 11) is 0. The van der Waals surface area contributed by atoms with Crippen molar-refractivity contribution in [3.63, 3.8) is 0 Å². The zero-order valence-electron chi connectivity index (χ0n) is 14.1. The van der Waals surface area contributed by atoms with E-state index in [1.54, 1.807) is 6.07 Å². The number of nitrogens with zero attached hydrogens (tertiary/aromatic N) is 1. The maximum absolute atomic E-state index is 14.0. The lowest BCUT2D eigenvalue weighted by atomic mass is 10.0. The van der Waals surface area contributed by atoms with E-state index in [1.807, 2.05) is 13.8 Å². The molecule has 0 aliphatic heterocycles. The number of aliphatic hydroxyl groups excluding tert-OH is 2. The number of aromatic nitrogens is 1. The molecule has 1 heterocycles. The molecule has 27 heavy (non-hydrogen) atoms. The smallest absolute Gasteiger partial charge is 0.237 e. The first-order valence-electron chi connectivity index (χ1n) is 7.82. The summed E-state index contributed by atoms with van der Waals surface area (Å²) in [4.78, 5) is 3.59. The highest BCUT2D eigenvalue weighted by atomic mass is 35.5. The minimum Gasteiger partial charge on any atom is -0.508 e. The Hall–Kier alpha value is -1.80. The molecule has 6 nitrogen and oxygen atoms in total. The number of hydrogen-bond donors (Lipinski definition) is 4. The van der Waals surface area contributed by atoms with Gasteiger partial charge < -0.3 is 25.4 Å². The van der Waals surface area contributed by atoms with Crippen LogP contribution in [0, 0.1) is 5.95 Å². The molecule has 0 bridgehead atoms. The van der Waals surface area contributed by atoms with Gasteiger partial charge in [0.15, 0.2) is 11.6 Å². The van der Waals surface area contributed by atoms with Gasteiger partial charge in [0.1, 0.15) is 21.5 Å². The number of anilines is 1. The molecular weight excluding hydrogens is 398 g/mol. The Bertz CT molecular complexity index is 790. The molecule has 0 saturated heterocycles. The largest absolute Gasteiger partial charge is 0.508 e. The lowest BCUT2D eigenvalue weighted by Gasteiger charge is -2.16. The monoisotopic (exact) mass is 420 g/mol. The standard InChI is InChI=1S/C17H19Cl2FN2O4.CH4/c1-8(2)11-5-10(3-4-12(11)25)26-15-13(18)16(20)22-17(14(15)19)21-6-9(24)7-23;/h3-5,8-9,23-25H,6-7H2,1-2H3,(H,21,22);1H4/t9-;/m0./s1. The summed E-state index contributed by atoms with van der Waals surface area (Å²) < 4.78 is 19.7. The molecule has 0 radical (unpaired) electrons. The van der Waals surface area contributed by atoms with Gasteiger partial charge in [-0.05, 0) is 24.1 Å². The first-order valence-corrected chi connectivity index (χ1v) is 8.58. The van der Waals surface area contributed by atoms with Crippen molar-refractivity contribution in [1.82, 2.24) is 4.98 Å². The van der Waals surface area contributed by atoms with Crippen LogP contribution in [-0.4, -0.2) is 39.6 Å². The van der Waals surface area contributed by atoms with Crippen LogP contribution in [0.5, 0.6) is 17.2 Å². The first kappa shape index (κ1) is 23.2.